The number of carbonyl (C=O) groups excluding carboxylic acids is 2. The Kier molecular flexibility index (Phi) is 9.14. The summed E-state index contributed by atoms with van der Waals surface area (Å²) in [4.78, 5) is 31.0. The van der Waals surface area contributed by atoms with Crippen molar-refractivity contribution in [3.8, 4) is 0 Å². The summed E-state index contributed by atoms with van der Waals surface area (Å²) in [5.74, 6) is -1.79. The van der Waals surface area contributed by atoms with Gasteiger partial charge in [0.1, 0.15) is 0 Å². The number of nitrogens with one attached hydrogen (secondary N) is 2. The number of hydrogen-bond donors (Lipinski definition) is 4. The zero-order chi connectivity index (χ0) is 30.5. The molecule has 2 unspecified atom stereocenters. The molecule has 0 aromatic heterocycles. The van der Waals surface area contributed by atoms with Crippen molar-refractivity contribution in [2.24, 2.45) is 10.9 Å². The highest BCUT2D eigenvalue weighted by Gasteiger charge is 2.72. The quantitative estimate of drug-likeness (QED) is 0.298. The van der Waals surface area contributed by atoms with Crippen LogP contribution in [0.15, 0.2) is 17.1 Å². The molecule has 1 saturated carbocycles. The van der Waals surface area contributed by atoms with E-state index in [2.05, 4.69) is 15.6 Å². The Balaban J connectivity index is 2.19. The number of halogens is 8. The summed E-state index contributed by atoms with van der Waals surface area (Å²) in [7, 11) is 0. The van der Waals surface area contributed by atoms with Gasteiger partial charge >= 0.3 is 12.4 Å². The zero-order valence-electron chi connectivity index (χ0n) is 21.4. The fourth-order valence-electron chi connectivity index (χ4n) is 4.56. The van der Waals surface area contributed by atoms with Gasteiger partial charge in [-0.15, -0.1) is 0 Å². The summed E-state index contributed by atoms with van der Waals surface area (Å²) in [6, 6.07) is 1.18. The number of rotatable bonds is 8. The molecule has 3 rings (SSSR count). The predicted octanol–water partition coefficient (Wildman–Crippen LogP) is 5.05. The fourth-order valence-corrected chi connectivity index (χ4v) is 6.66. The van der Waals surface area contributed by atoms with Crippen LogP contribution in [0, 0.1) is 5.92 Å². The first-order valence-corrected chi connectivity index (χ1v) is 13.8. The highest BCUT2D eigenvalue weighted by molar-refractivity contribution is 8.16. The van der Waals surface area contributed by atoms with Crippen LogP contribution in [0.25, 0.3) is 0 Å². The molecule has 1 fully saturated rings. The van der Waals surface area contributed by atoms with Crippen molar-refractivity contribution in [1.29, 1.82) is 0 Å². The maximum atomic E-state index is 13.6. The van der Waals surface area contributed by atoms with E-state index in [4.69, 9.17) is 23.2 Å². The molecule has 40 heavy (non-hydrogen) atoms. The highest BCUT2D eigenvalue weighted by Crippen LogP contribution is 2.59. The van der Waals surface area contributed by atoms with Gasteiger partial charge in [0.2, 0.25) is 5.91 Å². The normalized spacial score (nSPS) is 22.5. The van der Waals surface area contributed by atoms with E-state index in [9.17, 15) is 46.1 Å². The van der Waals surface area contributed by atoms with Gasteiger partial charge in [0.25, 0.3) is 11.5 Å². The van der Waals surface area contributed by atoms with E-state index in [-0.39, 0.29) is 23.7 Å². The number of hydrogen-bond acceptors (Lipinski definition) is 6. The third kappa shape index (κ3) is 5.66. The maximum Gasteiger partial charge on any atom is 0.430 e. The van der Waals surface area contributed by atoms with Crippen LogP contribution in [-0.2, 0) is 15.2 Å². The van der Waals surface area contributed by atoms with E-state index < -0.39 is 67.7 Å². The summed E-state index contributed by atoms with van der Waals surface area (Å²) >= 11 is 13.0. The Hall–Kier alpha value is -1.74. The molecule has 2 aliphatic rings. The van der Waals surface area contributed by atoms with Crippen LogP contribution in [0.3, 0.4) is 0 Å². The SMILES string of the molecule is CCNC(=O)C1(C2CCC2)N=C(C(=O)NCC(C)(C)O)SC1c1ccc(C(O)(C(F)(F)F)C(F)(F)F)c(Cl)c1Cl. The van der Waals surface area contributed by atoms with Crippen LogP contribution in [0.2, 0.25) is 10.0 Å². The Morgan fingerprint density at radius 2 is 1.62 bits per heavy atom. The third-order valence-electron chi connectivity index (χ3n) is 6.83. The number of nitrogens with zero attached hydrogens (tertiary/aromatic N) is 1. The van der Waals surface area contributed by atoms with Gasteiger partial charge in [-0.1, -0.05) is 53.5 Å². The van der Waals surface area contributed by atoms with E-state index in [0.29, 0.717) is 18.9 Å². The number of carbonyl (C=O) groups is 2. The molecule has 1 aromatic rings. The second kappa shape index (κ2) is 11.2. The fraction of sp³-hybridized carbons (Fsp3) is 0.625. The molecule has 1 aliphatic heterocycles. The van der Waals surface area contributed by atoms with Gasteiger partial charge in [-0.2, -0.15) is 26.3 Å². The number of alkyl halides is 6. The molecule has 4 N–H and O–H groups in total. The van der Waals surface area contributed by atoms with Crippen LogP contribution < -0.4 is 10.6 Å². The van der Waals surface area contributed by atoms with Crippen LogP contribution in [-0.4, -0.2) is 63.7 Å². The third-order valence-corrected chi connectivity index (χ3v) is 9.07. The van der Waals surface area contributed by atoms with Gasteiger partial charge in [-0.3, -0.25) is 14.6 Å². The average Bonchev–Trinajstić information content (AvgIpc) is 3.16. The summed E-state index contributed by atoms with van der Waals surface area (Å²) < 4.78 is 81.4. The van der Waals surface area contributed by atoms with E-state index in [1.807, 2.05) is 0 Å². The molecule has 1 heterocycles. The van der Waals surface area contributed by atoms with Crippen molar-refractivity contribution in [3.63, 3.8) is 0 Å². The van der Waals surface area contributed by atoms with Gasteiger partial charge in [-0.05, 0) is 45.1 Å². The second-order valence-electron chi connectivity index (χ2n) is 10.3. The molecule has 2 atom stereocenters. The first-order valence-electron chi connectivity index (χ1n) is 12.1. The number of likely N-dealkylation sites (N-methyl/N-ethyl adjacent to an activating group) is 1. The molecule has 224 valence electrons. The lowest BCUT2D eigenvalue weighted by Gasteiger charge is -2.43. The molecule has 0 spiro atoms. The lowest BCUT2D eigenvalue weighted by Crippen LogP contribution is -2.55. The summed E-state index contributed by atoms with van der Waals surface area (Å²) in [5, 5.41) is 21.7. The smallest absolute Gasteiger partial charge is 0.389 e. The van der Waals surface area contributed by atoms with E-state index in [1.165, 1.54) is 13.8 Å². The van der Waals surface area contributed by atoms with Crippen molar-refractivity contribution in [2.45, 2.75) is 74.4 Å². The van der Waals surface area contributed by atoms with Gasteiger partial charge in [0, 0.05) is 18.7 Å². The molecule has 1 aliphatic carbocycles. The standard InChI is InChI=1S/C24H27Cl2F6N3O4S/c1-4-33-19(37)21(11-6-5-7-11)16(40-18(35-21)17(36)34-10-20(2,3)38)12-8-9-13(15(26)14(12)25)22(39,23(27,28)29)24(30,31)32/h8-9,11,16,38-39H,4-7,10H2,1-3H3,(H,33,37)(H,34,36). The van der Waals surface area contributed by atoms with Crippen molar-refractivity contribution in [2.75, 3.05) is 13.1 Å². The molecular weight excluding hydrogens is 611 g/mol. The molecular formula is C24H27Cl2F6N3O4S. The second-order valence-corrected chi connectivity index (χ2v) is 12.1. The van der Waals surface area contributed by atoms with Crippen LogP contribution in [0.1, 0.15) is 56.4 Å². The van der Waals surface area contributed by atoms with E-state index in [1.54, 1.807) is 6.92 Å². The zero-order valence-corrected chi connectivity index (χ0v) is 23.8. The Bertz CT molecular complexity index is 1190. The number of aliphatic hydroxyl groups is 2. The predicted molar refractivity (Wildman–Crippen MR) is 138 cm³/mol. The van der Waals surface area contributed by atoms with Crippen LogP contribution >= 0.6 is 35.0 Å². The monoisotopic (exact) mass is 637 g/mol. The largest absolute Gasteiger partial charge is 0.430 e. The molecule has 7 nitrogen and oxygen atoms in total. The minimum Gasteiger partial charge on any atom is -0.389 e. The topological polar surface area (TPSA) is 111 Å². The molecule has 0 radical (unpaired) electrons. The van der Waals surface area contributed by atoms with Gasteiger partial charge in [0.05, 0.1) is 20.9 Å². The average molecular weight is 638 g/mol. The first kappa shape index (κ1) is 32.8. The van der Waals surface area contributed by atoms with E-state index >= 15 is 0 Å². The number of thioether (sulfide) groups is 1. The Labute approximate surface area is 240 Å². The highest BCUT2D eigenvalue weighted by atomic mass is 35.5. The Morgan fingerprint density at radius 3 is 2.08 bits per heavy atom. The number of amides is 2. The summed E-state index contributed by atoms with van der Waals surface area (Å²) in [6.45, 7) is 4.51. The van der Waals surface area contributed by atoms with Crippen LogP contribution in [0.4, 0.5) is 26.3 Å². The number of benzene rings is 1. The van der Waals surface area contributed by atoms with Crippen molar-refractivity contribution >= 4 is 51.8 Å². The van der Waals surface area contributed by atoms with Gasteiger partial charge in [-0.25, -0.2) is 0 Å². The van der Waals surface area contributed by atoms with Crippen molar-refractivity contribution in [3.05, 3.63) is 33.3 Å². The summed E-state index contributed by atoms with van der Waals surface area (Å²) in [6.07, 6.45) is -10.7. The molecule has 0 saturated heterocycles. The van der Waals surface area contributed by atoms with Crippen molar-refractivity contribution in [1.82, 2.24) is 10.6 Å². The summed E-state index contributed by atoms with van der Waals surface area (Å²) in [5.41, 5.74) is -10.2. The molecule has 0 bridgehead atoms. The first-order chi connectivity index (χ1) is 18.2. The lowest BCUT2D eigenvalue weighted by molar-refractivity contribution is -0.376. The molecule has 1 aromatic carbocycles. The number of aliphatic imine (C=N–C) groups is 1. The van der Waals surface area contributed by atoms with E-state index in [0.717, 1.165) is 24.2 Å². The minimum atomic E-state index is -6.20. The molecule has 16 heteroatoms. The lowest BCUT2D eigenvalue weighted by atomic mass is 9.67. The Morgan fingerprint density at radius 1 is 1.05 bits per heavy atom. The maximum absolute atomic E-state index is 13.6. The molecule has 2 amide bonds. The van der Waals surface area contributed by atoms with Crippen molar-refractivity contribution < 1.29 is 46.1 Å². The van der Waals surface area contributed by atoms with Gasteiger partial charge in [0.15, 0.2) is 10.6 Å². The minimum absolute atomic E-state index is 0.140. The van der Waals surface area contributed by atoms with Crippen LogP contribution in [0.5, 0.6) is 0 Å². The van der Waals surface area contributed by atoms with Gasteiger partial charge < -0.3 is 20.8 Å².